The van der Waals surface area contributed by atoms with Gasteiger partial charge in [0, 0.05) is 23.7 Å². The minimum atomic E-state index is -0.921. The summed E-state index contributed by atoms with van der Waals surface area (Å²) >= 11 is 1.65. The third kappa shape index (κ3) is 4.20. The Balaban J connectivity index is 2.09. The highest BCUT2D eigenvalue weighted by atomic mass is 32.1. The molecule has 0 aliphatic carbocycles. The lowest BCUT2D eigenvalue weighted by Crippen LogP contribution is -2.16. The van der Waals surface area contributed by atoms with Gasteiger partial charge in [0.05, 0.1) is 6.54 Å². The van der Waals surface area contributed by atoms with Gasteiger partial charge >= 0.3 is 5.97 Å². The lowest BCUT2D eigenvalue weighted by molar-refractivity contribution is -0.131. The van der Waals surface area contributed by atoms with Gasteiger partial charge in [-0.25, -0.2) is 4.79 Å². The van der Waals surface area contributed by atoms with Crippen LogP contribution in [0.4, 0.5) is 5.69 Å². The van der Waals surface area contributed by atoms with Crippen molar-refractivity contribution < 1.29 is 9.90 Å². The summed E-state index contributed by atoms with van der Waals surface area (Å²) in [6.45, 7) is 5.03. The smallest absolute Gasteiger partial charge is 0.328 e. The first-order valence-corrected chi connectivity index (χ1v) is 7.60. The molecule has 0 radical (unpaired) electrons. The molecule has 0 spiro atoms. The van der Waals surface area contributed by atoms with E-state index >= 15 is 0 Å². The molecule has 0 amide bonds. The molecule has 0 bridgehead atoms. The van der Waals surface area contributed by atoms with Crippen molar-refractivity contribution in [2.24, 2.45) is 0 Å². The van der Waals surface area contributed by atoms with E-state index in [4.69, 9.17) is 5.11 Å². The SMILES string of the molecule is Cc1ccc(N(C)Cc2cc(C=CC(=O)O)cs2)c(C)c1. The molecule has 0 aliphatic rings. The first kappa shape index (κ1) is 15.3. The number of benzene rings is 1. The highest BCUT2D eigenvalue weighted by Gasteiger charge is 2.07. The molecule has 0 atom stereocenters. The zero-order valence-electron chi connectivity index (χ0n) is 12.5. The summed E-state index contributed by atoms with van der Waals surface area (Å²) in [5.41, 5.74) is 4.69. The molecule has 0 unspecified atom stereocenters. The Morgan fingerprint density at radius 2 is 2.10 bits per heavy atom. The molecular weight excluding hydrogens is 282 g/mol. The summed E-state index contributed by atoms with van der Waals surface area (Å²) in [4.78, 5) is 13.9. The summed E-state index contributed by atoms with van der Waals surface area (Å²) < 4.78 is 0. The van der Waals surface area contributed by atoms with Crippen LogP contribution >= 0.6 is 11.3 Å². The predicted octanol–water partition coefficient (Wildman–Crippen LogP) is 4.10. The Kier molecular flexibility index (Phi) is 4.81. The first-order valence-electron chi connectivity index (χ1n) is 6.72. The molecule has 1 aromatic carbocycles. The van der Waals surface area contributed by atoms with Crippen LogP contribution in [0.3, 0.4) is 0 Å². The normalized spacial score (nSPS) is 11.0. The molecule has 4 heteroatoms. The Morgan fingerprint density at radius 3 is 2.76 bits per heavy atom. The maximum Gasteiger partial charge on any atom is 0.328 e. The van der Waals surface area contributed by atoms with Crippen LogP contribution in [0.25, 0.3) is 6.08 Å². The van der Waals surface area contributed by atoms with E-state index in [1.165, 1.54) is 27.8 Å². The fourth-order valence-corrected chi connectivity index (χ4v) is 3.19. The largest absolute Gasteiger partial charge is 0.478 e. The van der Waals surface area contributed by atoms with Gasteiger partial charge < -0.3 is 10.0 Å². The van der Waals surface area contributed by atoms with Gasteiger partial charge in [0.2, 0.25) is 0 Å². The molecule has 21 heavy (non-hydrogen) atoms. The van der Waals surface area contributed by atoms with E-state index in [1.54, 1.807) is 17.4 Å². The van der Waals surface area contributed by atoms with Gasteiger partial charge in [0.1, 0.15) is 0 Å². The van der Waals surface area contributed by atoms with Gasteiger partial charge in [0.25, 0.3) is 0 Å². The molecule has 1 N–H and O–H groups in total. The number of anilines is 1. The first-order chi connectivity index (χ1) is 9.95. The Hall–Kier alpha value is -2.07. The standard InChI is InChI=1S/C17H19NO2S/c1-12-4-6-16(13(2)8-12)18(3)10-15-9-14(11-21-15)5-7-17(19)20/h4-9,11H,10H2,1-3H3,(H,19,20). The van der Waals surface area contributed by atoms with Crippen LogP contribution in [0.5, 0.6) is 0 Å². The molecule has 1 aromatic heterocycles. The van der Waals surface area contributed by atoms with E-state index in [9.17, 15) is 4.79 Å². The van der Waals surface area contributed by atoms with E-state index in [0.717, 1.165) is 12.1 Å². The number of hydrogen-bond acceptors (Lipinski definition) is 3. The Morgan fingerprint density at radius 1 is 1.33 bits per heavy atom. The number of rotatable bonds is 5. The van der Waals surface area contributed by atoms with Gasteiger partial charge in [-0.3, -0.25) is 0 Å². The van der Waals surface area contributed by atoms with Crippen molar-refractivity contribution >= 4 is 29.1 Å². The van der Waals surface area contributed by atoms with Crippen LogP contribution in [0, 0.1) is 13.8 Å². The van der Waals surface area contributed by atoms with Crippen LogP contribution in [-0.4, -0.2) is 18.1 Å². The van der Waals surface area contributed by atoms with Crippen molar-refractivity contribution in [3.63, 3.8) is 0 Å². The molecule has 0 fully saturated rings. The van der Waals surface area contributed by atoms with E-state index in [2.05, 4.69) is 44.0 Å². The quantitative estimate of drug-likeness (QED) is 0.845. The predicted molar refractivity (Wildman–Crippen MR) is 89.0 cm³/mol. The van der Waals surface area contributed by atoms with Crippen LogP contribution < -0.4 is 4.90 Å². The zero-order valence-corrected chi connectivity index (χ0v) is 13.3. The number of thiophene rings is 1. The summed E-state index contributed by atoms with van der Waals surface area (Å²) in [6.07, 6.45) is 2.79. The third-order valence-electron chi connectivity index (χ3n) is 3.25. The van der Waals surface area contributed by atoms with Crippen LogP contribution in [0.2, 0.25) is 0 Å². The van der Waals surface area contributed by atoms with Gasteiger partial charge in [-0.05, 0) is 48.6 Å². The molecule has 3 nitrogen and oxygen atoms in total. The van der Waals surface area contributed by atoms with Gasteiger partial charge in [-0.15, -0.1) is 11.3 Å². The second-order valence-corrected chi connectivity index (χ2v) is 6.16. The fourth-order valence-electron chi connectivity index (χ4n) is 2.29. The topological polar surface area (TPSA) is 40.5 Å². The number of carboxylic acids is 1. The molecule has 2 rings (SSSR count). The van der Waals surface area contributed by atoms with Crippen LogP contribution in [0.1, 0.15) is 21.6 Å². The number of aryl methyl sites for hydroxylation is 2. The average molecular weight is 301 g/mol. The van der Waals surface area contributed by atoms with Crippen molar-refractivity contribution in [1.82, 2.24) is 0 Å². The lowest BCUT2D eigenvalue weighted by Gasteiger charge is -2.21. The molecule has 110 valence electrons. The summed E-state index contributed by atoms with van der Waals surface area (Å²) in [5.74, 6) is -0.921. The van der Waals surface area contributed by atoms with Gasteiger partial charge in [-0.1, -0.05) is 17.7 Å². The van der Waals surface area contributed by atoms with Crippen molar-refractivity contribution in [2.75, 3.05) is 11.9 Å². The number of carbonyl (C=O) groups is 1. The minimum Gasteiger partial charge on any atom is -0.478 e. The maximum atomic E-state index is 10.5. The number of aliphatic carboxylic acids is 1. The van der Waals surface area contributed by atoms with Crippen LogP contribution in [0.15, 0.2) is 35.7 Å². The lowest BCUT2D eigenvalue weighted by atomic mass is 10.1. The van der Waals surface area contributed by atoms with Crippen LogP contribution in [-0.2, 0) is 11.3 Å². The molecular formula is C17H19NO2S. The second-order valence-electron chi connectivity index (χ2n) is 5.16. The minimum absolute atomic E-state index is 0.815. The molecule has 0 saturated heterocycles. The highest BCUT2D eigenvalue weighted by molar-refractivity contribution is 7.10. The molecule has 0 saturated carbocycles. The van der Waals surface area contributed by atoms with E-state index in [1.807, 2.05) is 11.4 Å². The molecule has 2 aromatic rings. The van der Waals surface area contributed by atoms with Crippen molar-refractivity contribution in [3.8, 4) is 0 Å². The van der Waals surface area contributed by atoms with Crippen molar-refractivity contribution in [3.05, 3.63) is 57.3 Å². The summed E-state index contributed by atoms with van der Waals surface area (Å²) in [7, 11) is 2.07. The van der Waals surface area contributed by atoms with E-state index in [0.29, 0.717) is 0 Å². The second kappa shape index (κ2) is 6.59. The van der Waals surface area contributed by atoms with Crippen molar-refractivity contribution in [1.29, 1.82) is 0 Å². The monoisotopic (exact) mass is 301 g/mol. The van der Waals surface area contributed by atoms with E-state index in [-0.39, 0.29) is 0 Å². The fraction of sp³-hybridized carbons (Fsp3) is 0.235. The number of hydrogen-bond donors (Lipinski definition) is 1. The summed E-state index contributed by atoms with van der Waals surface area (Å²) in [5, 5.41) is 10.6. The number of carboxylic acid groups (broad SMARTS) is 1. The maximum absolute atomic E-state index is 10.5. The Bertz CT molecular complexity index is 673. The van der Waals surface area contributed by atoms with Gasteiger partial charge in [0.15, 0.2) is 0 Å². The molecule has 1 heterocycles. The van der Waals surface area contributed by atoms with Gasteiger partial charge in [-0.2, -0.15) is 0 Å². The summed E-state index contributed by atoms with van der Waals surface area (Å²) in [6, 6.07) is 8.48. The van der Waals surface area contributed by atoms with Crippen molar-refractivity contribution in [2.45, 2.75) is 20.4 Å². The average Bonchev–Trinajstić information content (AvgIpc) is 2.83. The Labute approximate surface area is 129 Å². The zero-order chi connectivity index (χ0) is 15.4. The van der Waals surface area contributed by atoms with E-state index < -0.39 is 5.97 Å². The molecule has 0 aliphatic heterocycles. The number of nitrogens with zero attached hydrogens (tertiary/aromatic N) is 1. The highest BCUT2D eigenvalue weighted by Crippen LogP contribution is 2.24. The third-order valence-corrected chi connectivity index (χ3v) is 4.19.